The third-order valence-electron chi connectivity index (χ3n) is 2.00. The van der Waals surface area contributed by atoms with Crippen LogP contribution in [0.1, 0.15) is 0 Å². The Morgan fingerprint density at radius 2 is 2.00 bits per heavy atom. The molecule has 6 nitrogen and oxygen atoms in total. The van der Waals surface area contributed by atoms with Crippen molar-refractivity contribution in [1.82, 2.24) is 10.3 Å². The highest BCUT2D eigenvalue weighted by Gasteiger charge is 2.10. The lowest BCUT2D eigenvalue weighted by molar-refractivity contribution is -0.632. The number of amides is 2. The van der Waals surface area contributed by atoms with Crippen LogP contribution in [0.3, 0.4) is 0 Å². The largest absolute Gasteiger partial charge is 0.354 e. The van der Waals surface area contributed by atoms with Crippen molar-refractivity contribution in [3.05, 3.63) is 22.3 Å². The minimum atomic E-state index is -0.296. The standard InChI is InChI=1S/C10H12Cl2N4O2/c1-13-8(17)4-14-5-9(18)16-10-7(12)2-6(11)3-15-10/h2-3,14H,4-5H2,1H3,(H,13,17)(H,15,16,18)/p+1. The summed E-state index contributed by atoms with van der Waals surface area (Å²) in [5.41, 5.74) is 0. The zero-order valence-electron chi connectivity index (χ0n) is 9.67. The third-order valence-corrected chi connectivity index (χ3v) is 2.50. The number of pyridine rings is 1. The van der Waals surface area contributed by atoms with Crippen molar-refractivity contribution < 1.29 is 14.9 Å². The minimum absolute atomic E-state index is 0.105. The molecule has 2 amide bonds. The summed E-state index contributed by atoms with van der Waals surface area (Å²) < 4.78 is 0. The first kappa shape index (κ1) is 14.7. The molecule has 1 heterocycles. The van der Waals surface area contributed by atoms with Crippen LogP contribution in [0.2, 0.25) is 10.0 Å². The first-order valence-electron chi connectivity index (χ1n) is 5.16. The molecule has 1 rings (SSSR count). The molecule has 0 aromatic carbocycles. The Morgan fingerprint density at radius 3 is 2.61 bits per heavy atom. The molecule has 18 heavy (non-hydrogen) atoms. The second-order valence-corrected chi connectivity index (χ2v) is 4.25. The molecule has 0 spiro atoms. The van der Waals surface area contributed by atoms with Gasteiger partial charge in [-0.15, -0.1) is 0 Å². The monoisotopic (exact) mass is 291 g/mol. The van der Waals surface area contributed by atoms with Crippen LogP contribution in [-0.2, 0) is 9.59 Å². The van der Waals surface area contributed by atoms with Gasteiger partial charge in [-0.2, -0.15) is 0 Å². The zero-order valence-corrected chi connectivity index (χ0v) is 11.2. The van der Waals surface area contributed by atoms with Crippen molar-refractivity contribution in [1.29, 1.82) is 0 Å². The summed E-state index contributed by atoms with van der Waals surface area (Å²) in [5, 5.41) is 7.21. The van der Waals surface area contributed by atoms with Gasteiger partial charge in [0.1, 0.15) is 0 Å². The Bertz CT molecular complexity index is 454. The molecule has 0 saturated carbocycles. The number of nitrogens with zero attached hydrogens (tertiary/aromatic N) is 1. The number of aromatic nitrogens is 1. The molecule has 98 valence electrons. The number of hydrogen-bond acceptors (Lipinski definition) is 3. The van der Waals surface area contributed by atoms with Gasteiger partial charge < -0.3 is 16.0 Å². The number of nitrogens with two attached hydrogens (primary N) is 1. The van der Waals surface area contributed by atoms with E-state index >= 15 is 0 Å². The Morgan fingerprint density at radius 1 is 1.33 bits per heavy atom. The average molecular weight is 292 g/mol. The molecule has 0 aliphatic carbocycles. The van der Waals surface area contributed by atoms with E-state index in [-0.39, 0.29) is 35.7 Å². The van der Waals surface area contributed by atoms with Gasteiger partial charge in [-0.25, -0.2) is 4.98 Å². The number of hydrogen-bond donors (Lipinski definition) is 3. The quantitative estimate of drug-likeness (QED) is 0.692. The zero-order chi connectivity index (χ0) is 13.5. The summed E-state index contributed by atoms with van der Waals surface area (Å²) >= 11 is 11.5. The van der Waals surface area contributed by atoms with Crippen LogP contribution in [0.4, 0.5) is 5.82 Å². The Kier molecular flexibility index (Phi) is 5.84. The summed E-state index contributed by atoms with van der Waals surface area (Å²) in [7, 11) is 1.54. The van der Waals surface area contributed by atoms with Gasteiger partial charge in [0.05, 0.1) is 10.0 Å². The molecule has 0 radical (unpaired) electrons. The molecule has 1 aromatic rings. The highest BCUT2D eigenvalue weighted by molar-refractivity contribution is 6.36. The molecule has 1 aromatic heterocycles. The molecule has 8 heteroatoms. The number of nitrogens with one attached hydrogen (secondary N) is 2. The van der Waals surface area contributed by atoms with Gasteiger partial charge in [-0.05, 0) is 6.07 Å². The second kappa shape index (κ2) is 7.15. The van der Waals surface area contributed by atoms with E-state index in [2.05, 4.69) is 15.6 Å². The lowest BCUT2D eigenvalue weighted by Crippen LogP contribution is -2.88. The van der Waals surface area contributed by atoms with E-state index in [0.29, 0.717) is 5.02 Å². The molecule has 0 saturated heterocycles. The molecule has 0 aliphatic rings. The van der Waals surface area contributed by atoms with E-state index in [1.807, 2.05) is 0 Å². The van der Waals surface area contributed by atoms with Crippen LogP contribution in [0.5, 0.6) is 0 Å². The van der Waals surface area contributed by atoms with E-state index in [1.54, 1.807) is 5.32 Å². The Labute approximate surface area is 114 Å². The number of anilines is 1. The lowest BCUT2D eigenvalue weighted by atomic mass is 10.4. The molecule has 0 atom stereocenters. The van der Waals surface area contributed by atoms with Crippen molar-refractivity contribution in [3.63, 3.8) is 0 Å². The van der Waals surface area contributed by atoms with Gasteiger partial charge in [-0.1, -0.05) is 23.2 Å². The fourth-order valence-electron chi connectivity index (χ4n) is 1.13. The number of quaternary nitrogens is 1. The van der Waals surface area contributed by atoms with E-state index in [0.717, 1.165) is 0 Å². The van der Waals surface area contributed by atoms with Crippen LogP contribution in [0.15, 0.2) is 12.3 Å². The fourth-order valence-corrected chi connectivity index (χ4v) is 1.55. The molecule has 4 N–H and O–H groups in total. The van der Waals surface area contributed by atoms with Crippen LogP contribution in [-0.4, -0.2) is 36.9 Å². The molecule has 0 unspecified atom stereocenters. The highest BCUT2D eigenvalue weighted by Crippen LogP contribution is 2.22. The van der Waals surface area contributed by atoms with E-state index in [1.165, 1.54) is 19.3 Å². The van der Waals surface area contributed by atoms with E-state index in [4.69, 9.17) is 23.2 Å². The first-order chi connectivity index (χ1) is 8.52. The van der Waals surface area contributed by atoms with Gasteiger partial charge >= 0.3 is 0 Å². The SMILES string of the molecule is CNC(=O)C[NH2+]CC(=O)Nc1ncc(Cl)cc1Cl. The average Bonchev–Trinajstić information content (AvgIpc) is 2.32. The summed E-state index contributed by atoms with van der Waals surface area (Å²) in [6.45, 7) is 0.291. The van der Waals surface area contributed by atoms with Crippen LogP contribution in [0, 0.1) is 0 Å². The molecule has 0 aliphatic heterocycles. The van der Waals surface area contributed by atoms with E-state index < -0.39 is 0 Å². The summed E-state index contributed by atoms with van der Waals surface area (Å²) in [5.74, 6) is -0.194. The van der Waals surface area contributed by atoms with Crippen LogP contribution in [0.25, 0.3) is 0 Å². The number of carbonyl (C=O) groups is 2. The van der Waals surface area contributed by atoms with Gasteiger partial charge in [0, 0.05) is 13.2 Å². The Balaban J connectivity index is 2.42. The summed E-state index contributed by atoms with van der Waals surface area (Å²) in [6, 6.07) is 1.49. The normalized spacial score (nSPS) is 9.94. The summed E-state index contributed by atoms with van der Waals surface area (Å²) in [6.07, 6.45) is 1.39. The Hall–Kier alpha value is -1.37. The fraction of sp³-hybridized carbons (Fsp3) is 0.300. The van der Waals surface area contributed by atoms with Gasteiger partial charge in [0.15, 0.2) is 18.9 Å². The number of halogens is 2. The minimum Gasteiger partial charge on any atom is -0.354 e. The number of carbonyl (C=O) groups excluding carboxylic acids is 2. The smallest absolute Gasteiger partial charge is 0.280 e. The maximum absolute atomic E-state index is 11.5. The maximum Gasteiger partial charge on any atom is 0.280 e. The first-order valence-corrected chi connectivity index (χ1v) is 5.91. The summed E-state index contributed by atoms with van der Waals surface area (Å²) in [4.78, 5) is 26.3. The molecule has 0 fully saturated rings. The number of likely N-dealkylation sites (N-methyl/N-ethyl adjacent to an activating group) is 1. The van der Waals surface area contributed by atoms with Gasteiger partial charge in [0.2, 0.25) is 0 Å². The third kappa shape index (κ3) is 4.87. The molecular formula is C10H13Cl2N4O2+. The van der Waals surface area contributed by atoms with Crippen LogP contribution < -0.4 is 16.0 Å². The predicted octanol–water partition coefficient (Wildman–Crippen LogP) is -0.364. The molecule has 0 bridgehead atoms. The molecular weight excluding hydrogens is 279 g/mol. The lowest BCUT2D eigenvalue weighted by Gasteiger charge is -2.05. The predicted molar refractivity (Wildman–Crippen MR) is 68.6 cm³/mol. The highest BCUT2D eigenvalue weighted by atomic mass is 35.5. The maximum atomic E-state index is 11.5. The van der Waals surface area contributed by atoms with Crippen molar-refractivity contribution in [2.45, 2.75) is 0 Å². The second-order valence-electron chi connectivity index (χ2n) is 3.40. The van der Waals surface area contributed by atoms with Crippen molar-refractivity contribution >= 4 is 40.8 Å². The van der Waals surface area contributed by atoms with Crippen LogP contribution >= 0.6 is 23.2 Å². The van der Waals surface area contributed by atoms with Gasteiger partial charge in [0.25, 0.3) is 11.8 Å². The topological polar surface area (TPSA) is 87.7 Å². The van der Waals surface area contributed by atoms with E-state index in [9.17, 15) is 9.59 Å². The van der Waals surface area contributed by atoms with Crippen molar-refractivity contribution in [2.24, 2.45) is 0 Å². The number of rotatable bonds is 5. The van der Waals surface area contributed by atoms with Gasteiger partial charge in [-0.3, -0.25) is 9.59 Å². The van der Waals surface area contributed by atoms with Crippen molar-refractivity contribution in [3.8, 4) is 0 Å². The van der Waals surface area contributed by atoms with Crippen molar-refractivity contribution in [2.75, 3.05) is 25.5 Å².